The Morgan fingerprint density at radius 3 is 2.69 bits per heavy atom. The van der Waals surface area contributed by atoms with Crippen LogP contribution in [0.25, 0.3) is 0 Å². The molecule has 2 aliphatic rings. The number of esters is 1. The monoisotopic (exact) mass is 214 g/mol. The molecule has 2 nitrogen and oxygen atoms in total. The predicted octanol–water partition coefficient (Wildman–Crippen LogP) is 2.30. The maximum atomic E-state index is 12.1. The van der Waals surface area contributed by atoms with Crippen molar-refractivity contribution in [3.05, 3.63) is 48.0 Å². The number of hydrogen-bond acceptors (Lipinski definition) is 2. The van der Waals surface area contributed by atoms with Crippen LogP contribution >= 0.6 is 0 Å². The lowest BCUT2D eigenvalue weighted by Gasteiger charge is -2.17. The fraction of sp³-hybridized carbons (Fsp3) is 0.357. The van der Waals surface area contributed by atoms with Crippen LogP contribution in [-0.4, -0.2) is 13.1 Å². The van der Waals surface area contributed by atoms with Gasteiger partial charge in [-0.1, -0.05) is 42.5 Å². The van der Waals surface area contributed by atoms with Gasteiger partial charge >= 0.3 is 5.97 Å². The van der Waals surface area contributed by atoms with Gasteiger partial charge in [-0.25, -0.2) is 0 Å². The minimum atomic E-state index is -0.384. The van der Waals surface area contributed by atoms with Crippen LogP contribution in [0.3, 0.4) is 0 Å². The van der Waals surface area contributed by atoms with Crippen molar-refractivity contribution < 1.29 is 9.53 Å². The lowest BCUT2D eigenvalue weighted by atomic mass is 9.89. The Labute approximate surface area is 94.9 Å². The fourth-order valence-electron chi connectivity index (χ4n) is 3.17. The highest BCUT2D eigenvalue weighted by Crippen LogP contribution is 2.65. The molecule has 0 N–H and O–H groups in total. The second kappa shape index (κ2) is 3.21. The first-order valence-corrected chi connectivity index (χ1v) is 5.62. The van der Waals surface area contributed by atoms with E-state index in [1.165, 1.54) is 7.11 Å². The van der Waals surface area contributed by atoms with Gasteiger partial charge in [0.05, 0.1) is 7.11 Å². The summed E-state index contributed by atoms with van der Waals surface area (Å²) in [6.45, 7) is 0. The van der Waals surface area contributed by atoms with Crippen molar-refractivity contribution in [1.82, 2.24) is 0 Å². The second-order valence-electron chi connectivity index (χ2n) is 4.52. The van der Waals surface area contributed by atoms with Gasteiger partial charge < -0.3 is 4.74 Å². The molecule has 1 saturated carbocycles. The largest absolute Gasteiger partial charge is 0.468 e. The van der Waals surface area contributed by atoms with E-state index in [2.05, 4.69) is 12.2 Å². The predicted molar refractivity (Wildman–Crippen MR) is 60.9 cm³/mol. The molecule has 16 heavy (non-hydrogen) atoms. The highest BCUT2D eigenvalue weighted by molar-refractivity contribution is 5.89. The van der Waals surface area contributed by atoms with Gasteiger partial charge in [-0.3, -0.25) is 4.79 Å². The molecule has 2 aliphatic carbocycles. The van der Waals surface area contributed by atoms with E-state index in [0.717, 1.165) is 12.0 Å². The number of rotatable bonds is 2. The van der Waals surface area contributed by atoms with Crippen LogP contribution in [0.2, 0.25) is 0 Å². The standard InChI is InChI=1S/C14H14O2/c1-16-13(15)14(10-6-3-2-4-7-10)11-8-5-9-12(11)14/h2-8,11-12H,9H2,1H3/t11-,12+,14+/m0/s1. The summed E-state index contributed by atoms with van der Waals surface area (Å²) in [5.74, 6) is 0.683. The lowest BCUT2D eigenvalue weighted by Crippen LogP contribution is -2.26. The molecule has 0 saturated heterocycles. The van der Waals surface area contributed by atoms with Crippen molar-refractivity contribution in [2.75, 3.05) is 7.11 Å². The number of carbonyl (C=O) groups excluding carboxylic acids is 1. The first kappa shape index (κ1) is 9.64. The molecule has 82 valence electrons. The van der Waals surface area contributed by atoms with Gasteiger partial charge in [0.1, 0.15) is 5.41 Å². The van der Waals surface area contributed by atoms with Crippen molar-refractivity contribution in [3.8, 4) is 0 Å². The molecule has 1 fully saturated rings. The van der Waals surface area contributed by atoms with E-state index in [-0.39, 0.29) is 11.4 Å². The zero-order chi connectivity index (χ0) is 11.2. The molecule has 0 amide bonds. The third-order valence-corrected chi connectivity index (χ3v) is 3.94. The van der Waals surface area contributed by atoms with E-state index >= 15 is 0 Å². The number of hydrogen-bond donors (Lipinski definition) is 0. The Morgan fingerprint density at radius 2 is 2.12 bits per heavy atom. The molecular weight excluding hydrogens is 200 g/mol. The van der Waals surface area contributed by atoms with Gasteiger partial charge in [0.2, 0.25) is 0 Å². The molecule has 1 aromatic carbocycles. The van der Waals surface area contributed by atoms with E-state index in [9.17, 15) is 4.79 Å². The molecule has 0 radical (unpaired) electrons. The van der Waals surface area contributed by atoms with Crippen molar-refractivity contribution in [2.45, 2.75) is 11.8 Å². The number of benzene rings is 1. The number of carbonyl (C=O) groups is 1. The molecule has 0 aliphatic heterocycles. The summed E-state index contributed by atoms with van der Waals surface area (Å²) in [6.07, 6.45) is 5.32. The van der Waals surface area contributed by atoms with Crippen molar-refractivity contribution in [2.24, 2.45) is 11.8 Å². The summed E-state index contributed by atoms with van der Waals surface area (Å²) in [4.78, 5) is 12.1. The SMILES string of the molecule is COC(=O)[C@@]1(c2ccccc2)[C@@H]2CC=C[C@@H]21. The maximum absolute atomic E-state index is 12.1. The molecule has 1 aromatic rings. The Balaban J connectivity index is 2.06. The average molecular weight is 214 g/mol. The van der Waals surface area contributed by atoms with E-state index < -0.39 is 0 Å². The summed E-state index contributed by atoms with van der Waals surface area (Å²) in [5, 5.41) is 0. The van der Waals surface area contributed by atoms with Crippen molar-refractivity contribution >= 4 is 5.97 Å². The number of fused-ring (bicyclic) bond motifs is 1. The first-order chi connectivity index (χ1) is 7.81. The molecule has 2 heteroatoms. The summed E-state index contributed by atoms with van der Waals surface area (Å²) >= 11 is 0. The van der Waals surface area contributed by atoms with Gasteiger partial charge in [0, 0.05) is 5.92 Å². The Kier molecular flexibility index (Phi) is 1.93. The zero-order valence-corrected chi connectivity index (χ0v) is 9.22. The van der Waals surface area contributed by atoms with Gasteiger partial charge in [-0.05, 0) is 17.9 Å². The Morgan fingerprint density at radius 1 is 1.38 bits per heavy atom. The fourth-order valence-corrected chi connectivity index (χ4v) is 3.17. The molecule has 0 bridgehead atoms. The first-order valence-electron chi connectivity index (χ1n) is 5.62. The van der Waals surface area contributed by atoms with Crippen LogP contribution in [0.5, 0.6) is 0 Å². The van der Waals surface area contributed by atoms with Gasteiger partial charge in [-0.2, -0.15) is 0 Å². The average Bonchev–Trinajstić information content (AvgIpc) is 2.72. The van der Waals surface area contributed by atoms with Crippen LogP contribution < -0.4 is 0 Å². The highest BCUT2D eigenvalue weighted by atomic mass is 16.5. The van der Waals surface area contributed by atoms with Gasteiger partial charge in [0.25, 0.3) is 0 Å². The zero-order valence-electron chi connectivity index (χ0n) is 9.22. The van der Waals surface area contributed by atoms with E-state index in [1.807, 2.05) is 30.3 Å². The number of ether oxygens (including phenoxy) is 1. The van der Waals surface area contributed by atoms with Crippen molar-refractivity contribution in [3.63, 3.8) is 0 Å². The molecule has 3 rings (SSSR count). The van der Waals surface area contributed by atoms with Crippen molar-refractivity contribution in [1.29, 1.82) is 0 Å². The Bertz CT molecular complexity index is 449. The van der Waals surface area contributed by atoms with Crippen LogP contribution in [0.4, 0.5) is 0 Å². The quantitative estimate of drug-likeness (QED) is 0.557. The highest BCUT2D eigenvalue weighted by Gasteiger charge is 2.70. The van der Waals surface area contributed by atoms with E-state index in [4.69, 9.17) is 4.74 Å². The maximum Gasteiger partial charge on any atom is 0.317 e. The second-order valence-corrected chi connectivity index (χ2v) is 4.52. The molecule has 0 heterocycles. The molecule has 0 spiro atoms. The molecule has 0 unspecified atom stereocenters. The van der Waals surface area contributed by atoms with Gasteiger partial charge in [-0.15, -0.1) is 0 Å². The smallest absolute Gasteiger partial charge is 0.317 e. The number of allylic oxidation sites excluding steroid dienone is 2. The summed E-state index contributed by atoms with van der Waals surface area (Å²) < 4.78 is 5.00. The topological polar surface area (TPSA) is 26.3 Å². The van der Waals surface area contributed by atoms with Gasteiger partial charge in [0.15, 0.2) is 0 Å². The lowest BCUT2D eigenvalue weighted by molar-refractivity contribution is -0.144. The third-order valence-electron chi connectivity index (χ3n) is 3.94. The molecular formula is C14H14O2. The third kappa shape index (κ3) is 0.993. The minimum Gasteiger partial charge on any atom is -0.468 e. The minimum absolute atomic E-state index is 0.0851. The normalized spacial score (nSPS) is 34.6. The molecule has 3 atom stereocenters. The van der Waals surface area contributed by atoms with E-state index in [1.54, 1.807) is 0 Å². The Hall–Kier alpha value is -1.57. The van der Waals surface area contributed by atoms with E-state index in [0.29, 0.717) is 11.8 Å². The summed E-state index contributed by atoms with van der Waals surface area (Å²) in [5.41, 5.74) is 0.714. The van der Waals surface area contributed by atoms with Crippen LogP contribution in [0.15, 0.2) is 42.5 Å². The summed E-state index contributed by atoms with van der Waals surface area (Å²) in [6, 6.07) is 10.0. The van der Waals surface area contributed by atoms with Crippen LogP contribution in [-0.2, 0) is 14.9 Å². The number of methoxy groups -OCH3 is 1. The van der Waals surface area contributed by atoms with Crippen LogP contribution in [0, 0.1) is 11.8 Å². The van der Waals surface area contributed by atoms with Crippen LogP contribution in [0.1, 0.15) is 12.0 Å². The molecule has 0 aromatic heterocycles. The summed E-state index contributed by atoms with van der Waals surface area (Å²) in [7, 11) is 1.48.